The Kier molecular flexibility index (Phi) is 7.52. The largest absolute Gasteiger partial charge is 0.0811 e. The molecule has 0 rings (SSSR count). The van der Waals surface area contributed by atoms with Crippen molar-refractivity contribution in [1.29, 1.82) is 0 Å². The van der Waals surface area contributed by atoms with Crippen LogP contribution in [0.4, 0.5) is 0 Å². The lowest BCUT2D eigenvalue weighted by Crippen LogP contribution is -1.67. The summed E-state index contributed by atoms with van der Waals surface area (Å²) in [6, 6.07) is 0. The third kappa shape index (κ3) is 7.74. The van der Waals surface area contributed by atoms with E-state index >= 15 is 0 Å². The third-order valence-electron chi connectivity index (χ3n) is 1.25. The van der Waals surface area contributed by atoms with E-state index in [4.69, 9.17) is 0 Å². The molecule has 0 aliphatic rings. The lowest BCUT2D eigenvalue weighted by molar-refractivity contribution is 0.798. The Hall–Kier alpha value is -0.260. The predicted octanol–water partition coefficient (Wildman–Crippen LogP) is 3.34. The van der Waals surface area contributed by atoms with Crippen LogP contribution in [0.15, 0.2) is 6.08 Å². The van der Waals surface area contributed by atoms with Gasteiger partial charge in [-0.2, -0.15) is 0 Å². The Balaban J connectivity index is 2.86. The van der Waals surface area contributed by atoms with Crippen molar-refractivity contribution in [3.05, 3.63) is 12.2 Å². The summed E-state index contributed by atoms with van der Waals surface area (Å²) in [5.41, 5.74) is 0. The van der Waals surface area contributed by atoms with Gasteiger partial charge in [0.25, 0.3) is 0 Å². The van der Waals surface area contributed by atoms with Crippen LogP contribution in [0.25, 0.3) is 0 Å². The van der Waals surface area contributed by atoms with E-state index in [1.807, 2.05) is 0 Å². The molecule has 0 amide bonds. The number of hydrogen-bond donors (Lipinski definition) is 0. The van der Waals surface area contributed by atoms with Gasteiger partial charge in [0, 0.05) is 0 Å². The van der Waals surface area contributed by atoms with Gasteiger partial charge in [-0.3, -0.25) is 0 Å². The normalized spacial score (nSPS) is 10.9. The molecule has 0 nitrogen and oxygen atoms in total. The third-order valence-corrected chi connectivity index (χ3v) is 1.25. The molecule has 0 heteroatoms. The Morgan fingerprint density at radius 1 is 1.22 bits per heavy atom. The summed E-state index contributed by atoms with van der Waals surface area (Å²) in [5.74, 6) is 0. The van der Waals surface area contributed by atoms with E-state index in [1.54, 1.807) is 0 Å². The van der Waals surface area contributed by atoms with Crippen molar-refractivity contribution in [2.75, 3.05) is 0 Å². The molecule has 0 bridgehead atoms. The summed E-state index contributed by atoms with van der Waals surface area (Å²) in [4.78, 5) is 0. The number of hydrogen-bond acceptors (Lipinski definition) is 0. The maximum absolute atomic E-state index is 3.26. The first-order chi connectivity index (χ1) is 4.41. The highest BCUT2D eigenvalue weighted by Gasteiger charge is 1.77. The van der Waals surface area contributed by atoms with Crippen molar-refractivity contribution in [3.63, 3.8) is 0 Å². The van der Waals surface area contributed by atoms with Gasteiger partial charge in [0.1, 0.15) is 0 Å². The minimum atomic E-state index is 1.15. The number of allylic oxidation sites excluding steroid dienone is 2. The molecule has 9 heavy (non-hydrogen) atoms. The van der Waals surface area contributed by atoms with Gasteiger partial charge in [0.05, 0.1) is 0 Å². The summed E-state index contributed by atoms with van der Waals surface area (Å²) in [6.07, 6.45) is 11.6. The minimum absolute atomic E-state index is 1.15. The van der Waals surface area contributed by atoms with Crippen LogP contribution >= 0.6 is 0 Å². The Morgan fingerprint density at radius 3 is 2.56 bits per heavy atom. The Bertz CT molecular complexity index is 62.4. The van der Waals surface area contributed by atoms with Gasteiger partial charge < -0.3 is 0 Å². The fourth-order valence-corrected chi connectivity index (χ4v) is 0.627. The van der Waals surface area contributed by atoms with Crippen molar-refractivity contribution in [3.8, 4) is 0 Å². The molecule has 53 valence electrons. The molecule has 0 aliphatic heterocycles. The lowest BCUT2D eigenvalue weighted by atomic mass is 10.2. The first-order valence-electron chi connectivity index (χ1n) is 3.96. The summed E-state index contributed by atoms with van der Waals surface area (Å²) < 4.78 is 0. The molecule has 0 spiro atoms. The Labute approximate surface area is 59.0 Å². The first-order valence-corrected chi connectivity index (χ1v) is 3.96. The van der Waals surface area contributed by atoms with Gasteiger partial charge in [0.2, 0.25) is 0 Å². The second-order valence-electron chi connectivity index (χ2n) is 2.30. The molecule has 0 unspecified atom stereocenters. The molecule has 0 heterocycles. The molecule has 0 aromatic rings. The molecule has 0 aromatic carbocycles. The van der Waals surface area contributed by atoms with E-state index in [2.05, 4.69) is 26.0 Å². The van der Waals surface area contributed by atoms with Gasteiger partial charge in [-0.05, 0) is 25.3 Å². The van der Waals surface area contributed by atoms with Crippen LogP contribution in [0.3, 0.4) is 0 Å². The average molecular weight is 125 g/mol. The maximum atomic E-state index is 3.26. The zero-order valence-electron chi connectivity index (χ0n) is 6.61. The molecule has 0 saturated carbocycles. The van der Waals surface area contributed by atoms with Gasteiger partial charge in [0.15, 0.2) is 0 Å². The topological polar surface area (TPSA) is 0 Å². The zero-order chi connectivity index (χ0) is 6.95. The molecule has 0 atom stereocenters. The van der Waals surface area contributed by atoms with E-state index < -0.39 is 0 Å². The molecule has 1 radical (unpaired) electrons. The molecule has 0 saturated heterocycles. The van der Waals surface area contributed by atoms with Crippen molar-refractivity contribution in [2.45, 2.75) is 46.0 Å². The zero-order valence-corrected chi connectivity index (χ0v) is 6.61. The van der Waals surface area contributed by atoms with Gasteiger partial charge in [-0.15, -0.1) is 0 Å². The van der Waals surface area contributed by atoms with Crippen molar-refractivity contribution in [1.82, 2.24) is 0 Å². The second kappa shape index (κ2) is 7.74. The molecule has 0 aromatic heterocycles. The van der Waals surface area contributed by atoms with Crippen LogP contribution in [0, 0.1) is 6.08 Å². The van der Waals surface area contributed by atoms with E-state index in [-0.39, 0.29) is 0 Å². The molecule has 0 aliphatic carbocycles. The molecular weight excluding hydrogens is 108 g/mol. The van der Waals surface area contributed by atoms with E-state index in [9.17, 15) is 0 Å². The monoisotopic (exact) mass is 125 g/mol. The van der Waals surface area contributed by atoms with Crippen LogP contribution < -0.4 is 0 Å². The van der Waals surface area contributed by atoms with Crippen LogP contribution in [-0.4, -0.2) is 0 Å². The highest BCUT2D eigenvalue weighted by atomic mass is 13.8. The fourth-order valence-electron chi connectivity index (χ4n) is 0.627. The predicted molar refractivity (Wildman–Crippen MR) is 42.2 cm³/mol. The van der Waals surface area contributed by atoms with E-state index in [1.165, 1.54) is 25.7 Å². The highest BCUT2D eigenvalue weighted by molar-refractivity contribution is 4.72. The van der Waals surface area contributed by atoms with Crippen LogP contribution in [0.5, 0.6) is 0 Å². The van der Waals surface area contributed by atoms with Crippen molar-refractivity contribution < 1.29 is 0 Å². The van der Waals surface area contributed by atoms with Crippen LogP contribution in [-0.2, 0) is 0 Å². The highest BCUT2D eigenvalue weighted by Crippen LogP contribution is 1.95. The summed E-state index contributed by atoms with van der Waals surface area (Å²) in [7, 11) is 0. The SMILES string of the molecule is CCCC=[C]CCCC. The second-order valence-corrected chi connectivity index (χ2v) is 2.30. The quantitative estimate of drug-likeness (QED) is 0.494. The van der Waals surface area contributed by atoms with Crippen LogP contribution in [0.2, 0.25) is 0 Å². The van der Waals surface area contributed by atoms with E-state index in [0.717, 1.165) is 6.42 Å². The van der Waals surface area contributed by atoms with Gasteiger partial charge in [-0.1, -0.05) is 32.8 Å². The molecule has 0 fully saturated rings. The molecule has 0 N–H and O–H groups in total. The average Bonchev–Trinajstić information content (AvgIpc) is 1.89. The van der Waals surface area contributed by atoms with Crippen LogP contribution in [0.1, 0.15) is 46.0 Å². The minimum Gasteiger partial charge on any atom is -0.0811 e. The fraction of sp³-hybridized carbons (Fsp3) is 0.778. The summed E-state index contributed by atoms with van der Waals surface area (Å²) >= 11 is 0. The first kappa shape index (κ1) is 8.74. The van der Waals surface area contributed by atoms with Crippen molar-refractivity contribution >= 4 is 0 Å². The lowest BCUT2D eigenvalue weighted by Gasteiger charge is -1.86. The van der Waals surface area contributed by atoms with E-state index in [0.29, 0.717) is 0 Å². The Morgan fingerprint density at radius 2 is 2.00 bits per heavy atom. The number of unbranched alkanes of at least 4 members (excludes halogenated alkanes) is 3. The smallest absolute Gasteiger partial charge is 0.0280 e. The standard InChI is InChI=1S/C9H17/c1-3-5-7-9-8-6-4-2/h7H,3-6,8H2,1-2H3. The van der Waals surface area contributed by atoms with Gasteiger partial charge >= 0.3 is 0 Å². The molecular formula is C9H17. The van der Waals surface area contributed by atoms with Crippen molar-refractivity contribution in [2.24, 2.45) is 0 Å². The van der Waals surface area contributed by atoms with Gasteiger partial charge in [-0.25, -0.2) is 0 Å². The number of rotatable bonds is 5. The maximum Gasteiger partial charge on any atom is -0.0280 e. The summed E-state index contributed by atoms with van der Waals surface area (Å²) in [5, 5.41) is 0. The summed E-state index contributed by atoms with van der Waals surface area (Å²) in [6.45, 7) is 4.40.